The van der Waals surface area contributed by atoms with Crippen LogP contribution in [0.3, 0.4) is 0 Å². The first-order valence-corrected chi connectivity index (χ1v) is 14.9. The highest BCUT2D eigenvalue weighted by atomic mass is 32.2. The molecule has 4 rings (SSSR count). The first kappa shape index (κ1) is 33.3. The average molecular weight is 626 g/mol. The molecule has 0 aromatic heterocycles. The smallest absolute Gasteiger partial charge is 0.328 e. The number of hydrogen-bond acceptors (Lipinski definition) is 7. The maximum atomic E-state index is 13.9. The van der Waals surface area contributed by atoms with Gasteiger partial charge in [0.2, 0.25) is 5.91 Å². The van der Waals surface area contributed by atoms with Gasteiger partial charge in [-0.3, -0.25) is 9.59 Å². The summed E-state index contributed by atoms with van der Waals surface area (Å²) in [6, 6.07) is 6.08. The van der Waals surface area contributed by atoms with Crippen LogP contribution in [0.2, 0.25) is 0 Å². The minimum atomic E-state index is -3.46. The lowest BCUT2D eigenvalue weighted by Gasteiger charge is -2.26. The van der Waals surface area contributed by atoms with Crippen molar-refractivity contribution in [3.63, 3.8) is 0 Å². The number of amides is 2. The number of carbonyl (C=O) groups excluding carboxylic acids is 2. The van der Waals surface area contributed by atoms with Gasteiger partial charge in [0, 0.05) is 68.1 Å². The normalized spacial score (nSPS) is 18.6. The first-order chi connectivity index (χ1) is 20.1. The Kier molecular flexibility index (Phi) is 10.7. The Balaban J connectivity index is 0.000000557. The van der Waals surface area contributed by atoms with E-state index in [2.05, 4.69) is 0 Å². The molecule has 2 fully saturated rings. The summed E-state index contributed by atoms with van der Waals surface area (Å²) in [5.41, 5.74) is 6.19. The lowest BCUT2D eigenvalue weighted by molar-refractivity contribution is -0.134. The van der Waals surface area contributed by atoms with Gasteiger partial charge in [0.05, 0.1) is 10.9 Å². The van der Waals surface area contributed by atoms with E-state index < -0.39 is 45.3 Å². The zero-order valence-electron chi connectivity index (χ0n) is 23.0. The van der Waals surface area contributed by atoms with Crippen LogP contribution >= 0.6 is 0 Å². The molecule has 4 N–H and O–H groups in total. The van der Waals surface area contributed by atoms with Crippen LogP contribution in [0, 0.1) is 23.4 Å². The molecule has 15 heteroatoms. The van der Waals surface area contributed by atoms with Crippen molar-refractivity contribution in [2.24, 2.45) is 11.7 Å². The van der Waals surface area contributed by atoms with Gasteiger partial charge >= 0.3 is 11.9 Å². The van der Waals surface area contributed by atoms with Gasteiger partial charge in [-0.25, -0.2) is 31.2 Å². The number of hydrogen-bond donors (Lipinski definition) is 3. The maximum absolute atomic E-state index is 13.9. The summed E-state index contributed by atoms with van der Waals surface area (Å²) in [4.78, 5) is 48.4. The second-order valence-electron chi connectivity index (χ2n) is 10.2. The SMILES string of the molecule is CS(=O)(=O)c1cccc(C(=O)N2C[C@@H]3CCN(C(=O)C[C@H](N)Cc4cc(F)c(F)cc4F)[C@@H]3C2)c1.O=C(O)C=CC(=O)O. The minimum Gasteiger partial charge on any atom is -0.478 e. The molecule has 0 spiro atoms. The molecule has 2 aromatic rings. The molecule has 2 aliphatic rings. The maximum Gasteiger partial charge on any atom is 0.328 e. The minimum absolute atomic E-state index is 0.0611. The van der Waals surface area contributed by atoms with Crippen LogP contribution < -0.4 is 5.73 Å². The van der Waals surface area contributed by atoms with Crippen molar-refractivity contribution < 1.29 is 51.0 Å². The Morgan fingerprint density at radius 2 is 1.63 bits per heavy atom. The summed E-state index contributed by atoms with van der Waals surface area (Å²) in [5, 5.41) is 15.6. The molecule has 2 aromatic carbocycles. The van der Waals surface area contributed by atoms with Gasteiger partial charge in [0.15, 0.2) is 21.5 Å². The van der Waals surface area contributed by atoms with Gasteiger partial charge in [-0.1, -0.05) is 6.07 Å². The number of nitrogens with zero attached hydrogens (tertiary/aromatic N) is 2. The highest BCUT2D eigenvalue weighted by Gasteiger charge is 2.44. The Morgan fingerprint density at radius 3 is 2.23 bits per heavy atom. The Labute approximate surface area is 245 Å². The van der Waals surface area contributed by atoms with Crippen LogP contribution in [0.25, 0.3) is 0 Å². The quantitative estimate of drug-likeness (QED) is 0.292. The number of likely N-dealkylation sites (tertiary alicyclic amines) is 2. The Morgan fingerprint density at radius 1 is 1.00 bits per heavy atom. The number of halogens is 3. The third-order valence-corrected chi connectivity index (χ3v) is 8.15. The molecule has 11 nitrogen and oxygen atoms in total. The number of nitrogens with two attached hydrogens (primary N) is 1. The number of carbonyl (C=O) groups is 4. The van der Waals surface area contributed by atoms with Crippen LogP contribution in [0.15, 0.2) is 53.4 Å². The van der Waals surface area contributed by atoms with Crippen LogP contribution in [0.5, 0.6) is 0 Å². The van der Waals surface area contributed by atoms with E-state index in [4.69, 9.17) is 15.9 Å². The van der Waals surface area contributed by atoms with Crippen molar-refractivity contribution in [2.45, 2.75) is 36.2 Å². The number of carboxylic acids is 2. The van der Waals surface area contributed by atoms with Crippen molar-refractivity contribution >= 4 is 33.6 Å². The van der Waals surface area contributed by atoms with Crippen LogP contribution in [-0.4, -0.2) is 90.2 Å². The lowest BCUT2D eigenvalue weighted by atomic mass is 10.0. The molecule has 2 saturated heterocycles. The zero-order chi connectivity index (χ0) is 32.1. The molecule has 0 aliphatic carbocycles. The van der Waals surface area contributed by atoms with E-state index in [0.717, 1.165) is 12.3 Å². The highest BCUT2D eigenvalue weighted by Crippen LogP contribution is 2.33. The molecule has 0 bridgehead atoms. The van der Waals surface area contributed by atoms with E-state index in [9.17, 15) is 40.8 Å². The second-order valence-corrected chi connectivity index (χ2v) is 12.3. The molecule has 0 saturated carbocycles. The van der Waals surface area contributed by atoms with Gasteiger partial charge < -0.3 is 25.7 Å². The first-order valence-electron chi connectivity index (χ1n) is 13.0. The number of sulfone groups is 1. The van der Waals surface area contributed by atoms with Gasteiger partial charge in [0.25, 0.3) is 5.91 Å². The summed E-state index contributed by atoms with van der Waals surface area (Å²) < 4.78 is 64.2. The Bertz CT molecular complexity index is 1530. The topological polar surface area (TPSA) is 175 Å². The molecule has 3 atom stereocenters. The molecular weight excluding hydrogens is 595 g/mol. The van der Waals surface area contributed by atoms with Crippen molar-refractivity contribution in [1.29, 1.82) is 0 Å². The highest BCUT2D eigenvalue weighted by molar-refractivity contribution is 7.90. The van der Waals surface area contributed by atoms with E-state index in [1.165, 1.54) is 18.2 Å². The van der Waals surface area contributed by atoms with Crippen molar-refractivity contribution in [1.82, 2.24) is 9.80 Å². The summed E-state index contributed by atoms with van der Waals surface area (Å²) in [6.07, 6.45) is 2.66. The lowest BCUT2D eigenvalue weighted by Crippen LogP contribution is -2.43. The summed E-state index contributed by atoms with van der Waals surface area (Å²) in [7, 11) is -3.46. The standard InChI is InChI=1S/C24H26F3N3O4S.C4H4O4/c1-35(33,34)18-4-2-3-14(8-18)24(32)29-12-15-5-6-30(22(15)13-29)23(31)10-17(28)7-16-9-20(26)21(27)11-19(16)25;5-3(6)1-2-4(7)8/h2-4,8-9,11,15,17,22H,5-7,10,12-13,28H2,1H3;1-2H,(H,5,6)(H,7,8)/t15-,17+,22+;/m0./s1. The summed E-state index contributed by atoms with van der Waals surface area (Å²) in [6.45, 7) is 1.26. The number of rotatable bonds is 8. The van der Waals surface area contributed by atoms with Crippen LogP contribution in [0.4, 0.5) is 13.2 Å². The van der Waals surface area contributed by atoms with Gasteiger partial charge in [-0.05, 0) is 42.7 Å². The summed E-state index contributed by atoms with van der Waals surface area (Å²) in [5.74, 6) is -6.37. The van der Waals surface area contributed by atoms with E-state index in [1.807, 2.05) is 0 Å². The fourth-order valence-electron chi connectivity index (χ4n) is 5.04. The Hall–Kier alpha value is -4.24. The van der Waals surface area contributed by atoms with E-state index in [0.29, 0.717) is 44.3 Å². The fourth-order valence-corrected chi connectivity index (χ4v) is 5.71. The molecule has 232 valence electrons. The predicted molar refractivity (Wildman–Crippen MR) is 146 cm³/mol. The molecular formula is C28H30F3N3O8S. The van der Waals surface area contributed by atoms with Crippen LogP contribution in [0.1, 0.15) is 28.8 Å². The molecule has 2 heterocycles. The second kappa shape index (κ2) is 13.8. The largest absolute Gasteiger partial charge is 0.478 e. The third-order valence-electron chi connectivity index (χ3n) is 7.04. The molecule has 0 radical (unpaired) electrons. The van der Waals surface area contributed by atoms with Gasteiger partial charge in [0.1, 0.15) is 5.82 Å². The molecule has 2 aliphatic heterocycles. The molecule has 43 heavy (non-hydrogen) atoms. The van der Waals surface area contributed by atoms with Crippen molar-refractivity contribution in [3.8, 4) is 0 Å². The van der Waals surface area contributed by atoms with Crippen molar-refractivity contribution in [3.05, 3.63) is 77.1 Å². The fraction of sp³-hybridized carbons (Fsp3) is 0.357. The summed E-state index contributed by atoms with van der Waals surface area (Å²) >= 11 is 0. The number of carboxylic acid groups (broad SMARTS) is 2. The molecule has 0 unspecified atom stereocenters. The van der Waals surface area contributed by atoms with Crippen molar-refractivity contribution in [2.75, 3.05) is 25.9 Å². The number of benzene rings is 2. The number of fused-ring (bicyclic) bond motifs is 1. The number of aliphatic carboxylic acids is 2. The predicted octanol–water partition coefficient (Wildman–Crippen LogP) is 1.85. The van der Waals surface area contributed by atoms with Crippen LogP contribution in [-0.2, 0) is 30.6 Å². The zero-order valence-corrected chi connectivity index (χ0v) is 23.8. The van der Waals surface area contributed by atoms with E-state index >= 15 is 0 Å². The van der Waals surface area contributed by atoms with E-state index in [-0.39, 0.29) is 52.6 Å². The third kappa shape index (κ3) is 8.88. The monoisotopic (exact) mass is 625 g/mol. The van der Waals surface area contributed by atoms with Gasteiger partial charge in [-0.2, -0.15) is 0 Å². The average Bonchev–Trinajstić information content (AvgIpc) is 3.51. The van der Waals surface area contributed by atoms with Gasteiger partial charge in [-0.15, -0.1) is 0 Å². The molecule has 2 amide bonds. The van der Waals surface area contributed by atoms with E-state index in [1.54, 1.807) is 15.9 Å².